The number of Topliss-reactive ketones (excluding diaryl/α,β-unsaturated/α-hetero) is 1. The molecule has 7 heteroatoms. The first kappa shape index (κ1) is 19.1. The van der Waals surface area contributed by atoms with Crippen molar-refractivity contribution < 1.29 is 14.6 Å². The second-order valence-corrected chi connectivity index (χ2v) is 7.11. The molecule has 0 saturated heterocycles. The van der Waals surface area contributed by atoms with Crippen molar-refractivity contribution in [3.8, 4) is 11.4 Å². The van der Waals surface area contributed by atoms with Crippen molar-refractivity contribution in [2.45, 2.75) is 25.1 Å². The molecule has 0 aliphatic carbocycles. The van der Waals surface area contributed by atoms with Crippen LogP contribution in [-0.4, -0.2) is 44.1 Å². The van der Waals surface area contributed by atoms with Gasteiger partial charge in [0.05, 0.1) is 11.8 Å². The molecule has 0 bridgehead atoms. The Bertz CT molecular complexity index is 909. The number of para-hydroxylation sites is 1. The molecule has 0 radical (unpaired) electrons. The third-order valence-electron chi connectivity index (χ3n) is 4.00. The van der Waals surface area contributed by atoms with Gasteiger partial charge in [0, 0.05) is 11.3 Å². The van der Waals surface area contributed by atoms with Crippen molar-refractivity contribution >= 4 is 17.5 Å². The standard InChI is InChI=1S/C20H21N3O3S/c1-14-5-3-4-6-19(14)23-13-21-22-20(23)27-12-17(25)11-26-18-9-7-16(8-10-18)15(2)24/h3-10,13,17,25H,11-12H2,1-2H3. The first-order chi connectivity index (χ1) is 13.0. The molecular weight excluding hydrogens is 362 g/mol. The number of aryl methyl sites for hydroxylation is 1. The van der Waals surface area contributed by atoms with Crippen LogP contribution in [0.1, 0.15) is 22.8 Å². The number of carbonyl (C=O) groups excluding carboxylic acids is 1. The number of ether oxygens (including phenoxy) is 1. The monoisotopic (exact) mass is 383 g/mol. The highest BCUT2D eigenvalue weighted by Gasteiger charge is 2.13. The van der Waals surface area contributed by atoms with Crippen molar-refractivity contribution in [3.63, 3.8) is 0 Å². The maximum atomic E-state index is 11.3. The number of hydrogen-bond acceptors (Lipinski definition) is 6. The number of benzene rings is 2. The number of aromatic nitrogens is 3. The third-order valence-corrected chi connectivity index (χ3v) is 5.09. The molecule has 3 rings (SSSR count). The predicted octanol–water partition coefficient (Wildman–Crippen LogP) is 3.31. The zero-order chi connectivity index (χ0) is 19.2. The average Bonchev–Trinajstić information content (AvgIpc) is 3.13. The molecule has 0 aliphatic rings. The Morgan fingerprint density at radius 3 is 2.67 bits per heavy atom. The summed E-state index contributed by atoms with van der Waals surface area (Å²) in [6.07, 6.45) is 1.01. The summed E-state index contributed by atoms with van der Waals surface area (Å²) < 4.78 is 7.50. The number of aliphatic hydroxyl groups is 1. The van der Waals surface area contributed by atoms with Crippen molar-refractivity contribution in [1.29, 1.82) is 0 Å². The molecule has 140 valence electrons. The molecule has 0 aliphatic heterocycles. The lowest BCUT2D eigenvalue weighted by molar-refractivity contribution is 0.101. The van der Waals surface area contributed by atoms with Crippen LogP contribution in [0.5, 0.6) is 5.75 Å². The Morgan fingerprint density at radius 2 is 1.96 bits per heavy atom. The zero-order valence-corrected chi connectivity index (χ0v) is 16.0. The normalized spacial score (nSPS) is 12.0. The summed E-state index contributed by atoms with van der Waals surface area (Å²) in [6, 6.07) is 14.9. The number of ketones is 1. The number of nitrogens with zero attached hydrogens (tertiary/aromatic N) is 3. The molecule has 2 aromatic carbocycles. The highest BCUT2D eigenvalue weighted by Crippen LogP contribution is 2.22. The molecule has 0 spiro atoms. The minimum absolute atomic E-state index is 0.00995. The molecule has 3 aromatic rings. The smallest absolute Gasteiger partial charge is 0.195 e. The van der Waals surface area contributed by atoms with E-state index >= 15 is 0 Å². The van der Waals surface area contributed by atoms with Gasteiger partial charge >= 0.3 is 0 Å². The molecular formula is C20H21N3O3S. The predicted molar refractivity (Wildman–Crippen MR) is 105 cm³/mol. The van der Waals surface area contributed by atoms with Crippen molar-refractivity contribution in [2.75, 3.05) is 12.4 Å². The number of hydrogen-bond donors (Lipinski definition) is 1. The fraction of sp³-hybridized carbons (Fsp3) is 0.250. The van der Waals surface area contributed by atoms with E-state index in [-0.39, 0.29) is 12.4 Å². The Labute approximate surface area is 162 Å². The third kappa shape index (κ3) is 4.96. The molecule has 27 heavy (non-hydrogen) atoms. The molecule has 0 fully saturated rings. The van der Waals surface area contributed by atoms with Gasteiger partial charge in [-0.05, 0) is 49.7 Å². The summed E-state index contributed by atoms with van der Waals surface area (Å²) in [4.78, 5) is 11.3. The minimum Gasteiger partial charge on any atom is -0.491 e. The van der Waals surface area contributed by atoms with E-state index in [4.69, 9.17) is 4.74 Å². The summed E-state index contributed by atoms with van der Waals surface area (Å²) in [5.41, 5.74) is 2.77. The molecule has 1 heterocycles. The first-order valence-corrected chi connectivity index (χ1v) is 9.54. The van der Waals surface area contributed by atoms with E-state index in [9.17, 15) is 9.90 Å². The maximum Gasteiger partial charge on any atom is 0.195 e. The summed E-state index contributed by atoms with van der Waals surface area (Å²) in [6.45, 7) is 3.71. The quantitative estimate of drug-likeness (QED) is 0.475. The minimum atomic E-state index is -0.662. The first-order valence-electron chi connectivity index (χ1n) is 8.55. The van der Waals surface area contributed by atoms with Gasteiger partial charge in [0.1, 0.15) is 18.7 Å². The van der Waals surface area contributed by atoms with Crippen LogP contribution >= 0.6 is 11.8 Å². The van der Waals surface area contributed by atoms with Crippen LogP contribution in [0.2, 0.25) is 0 Å². The second-order valence-electron chi connectivity index (χ2n) is 6.13. The van der Waals surface area contributed by atoms with Crippen LogP contribution < -0.4 is 4.74 Å². The van der Waals surface area contributed by atoms with E-state index in [2.05, 4.69) is 10.2 Å². The highest BCUT2D eigenvalue weighted by atomic mass is 32.2. The lowest BCUT2D eigenvalue weighted by atomic mass is 10.1. The van der Waals surface area contributed by atoms with Gasteiger partial charge in [0.2, 0.25) is 0 Å². The Hall–Kier alpha value is -2.64. The van der Waals surface area contributed by atoms with E-state index in [1.165, 1.54) is 18.7 Å². The number of rotatable bonds is 8. The van der Waals surface area contributed by atoms with Gasteiger partial charge in [-0.15, -0.1) is 10.2 Å². The van der Waals surface area contributed by atoms with Gasteiger partial charge < -0.3 is 9.84 Å². The molecule has 6 nitrogen and oxygen atoms in total. The van der Waals surface area contributed by atoms with E-state index < -0.39 is 6.10 Å². The molecule has 0 saturated carbocycles. The molecule has 0 amide bonds. The Morgan fingerprint density at radius 1 is 1.22 bits per heavy atom. The van der Waals surface area contributed by atoms with Gasteiger partial charge in [0.25, 0.3) is 0 Å². The van der Waals surface area contributed by atoms with Gasteiger partial charge in [-0.3, -0.25) is 9.36 Å². The van der Waals surface area contributed by atoms with Crippen LogP contribution in [0.4, 0.5) is 0 Å². The summed E-state index contributed by atoms with van der Waals surface area (Å²) >= 11 is 1.42. The van der Waals surface area contributed by atoms with Crippen molar-refractivity contribution in [2.24, 2.45) is 0 Å². The van der Waals surface area contributed by atoms with Gasteiger partial charge in [-0.1, -0.05) is 30.0 Å². The fourth-order valence-electron chi connectivity index (χ4n) is 2.52. The molecule has 1 aromatic heterocycles. The summed E-state index contributed by atoms with van der Waals surface area (Å²) in [5.74, 6) is 1.05. The zero-order valence-electron chi connectivity index (χ0n) is 15.2. The van der Waals surface area contributed by atoms with E-state index in [1.807, 2.05) is 35.8 Å². The van der Waals surface area contributed by atoms with Gasteiger partial charge in [-0.2, -0.15) is 0 Å². The van der Waals surface area contributed by atoms with Crippen molar-refractivity contribution in [1.82, 2.24) is 14.8 Å². The van der Waals surface area contributed by atoms with Gasteiger partial charge in [-0.25, -0.2) is 0 Å². The number of aliphatic hydroxyl groups excluding tert-OH is 1. The molecule has 1 atom stereocenters. The largest absolute Gasteiger partial charge is 0.491 e. The summed E-state index contributed by atoms with van der Waals surface area (Å²) in [7, 11) is 0. The van der Waals surface area contributed by atoms with Gasteiger partial charge in [0.15, 0.2) is 10.9 Å². The lowest BCUT2D eigenvalue weighted by Gasteiger charge is -2.13. The molecule has 1 unspecified atom stereocenters. The van der Waals surface area contributed by atoms with Crippen LogP contribution in [0.15, 0.2) is 60.0 Å². The lowest BCUT2D eigenvalue weighted by Crippen LogP contribution is -2.20. The SMILES string of the molecule is CC(=O)c1ccc(OCC(O)CSc2nncn2-c2ccccc2C)cc1. The van der Waals surface area contributed by atoms with E-state index in [1.54, 1.807) is 30.6 Å². The number of carbonyl (C=O) groups is 1. The van der Waals surface area contributed by atoms with Crippen LogP contribution in [0.25, 0.3) is 5.69 Å². The van der Waals surface area contributed by atoms with Crippen LogP contribution in [0.3, 0.4) is 0 Å². The average molecular weight is 383 g/mol. The van der Waals surface area contributed by atoms with Crippen molar-refractivity contribution in [3.05, 3.63) is 66.0 Å². The number of thioether (sulfide) groups is 1. The van der Waals surface area contributed by atoms with E-state index in [0.29, 0.717) is 22.2 Å². The highest BCUT2D eigenvalue weighted by molar-refractivity contribution is 7.99. The second kappa shape index (κ2) is 8.83. The molecule has 1 N–H and O–H groups in total. The van der Waals surface area contributed by atoms with Crippen LogP contribution in [-0.2, 0) is 0 Å². The maximum absolute atomic E-state index is 11.3. The summed E-state index contributed by atoms with van der Waals surface area (Å²) in [5, 5.41) is 19.1. The fourth-order valence-corrected chi connectivity index (χ4v) is 3.35. The van der Waals surface area contributed by atoms with Crippen LogP contribution in [0, 0.1) is 6.92 Å². The van der Waals surface area contributed by atoms with E-state index in [0.717, 1.165) is 11.3 Å². The Balaban J connectivity index is 1.54. The topological polar surface area (TPSA) is 77.2 Å². The Kier molecular flexibility index (Phi) is 6.26.